The van der Waals surface area contributed by atoms with E-state index >= 15 is 0 Å². The predicted octanol–water partition coefficient (Wildman–Crippen LogP) is 6.05. The molecular formula is C25H27NO4. The Morgan fingerprint density at radius 3 is 2.47 bits per heavy atom. The lowest BCUT2D eigenvalue weighted by Gasteiger charge is -2.24. The summed E-state index contributed by atoms with van der Waals surface area (Å²) in [4.78, 5) is 13.7. The third kappa shape index (κ3) is 3.82. The molecule has 30 heavy (non-hydrogen) atoms. The molecule has 1 saturated carbocycles. The second-order valence-electron chi connectivity index (χ2n) is 8.53. The van der Waals surface area contributed by atoms with E-state index < -0.39 is 6.16 Å². The maximum atomic E-state index is 11.1. The Morgan fingerprint density at radius 2 is 1.70 bits per heavy atom. The average Bonchev–Trinajstić information content (AvgIpc) is 3.10. The Bertz CT molecular complexity index is 990. The summed E-state index contributed by atoms with van der Waals surface area (Å²) in [6, 6.07) is 13.5. The highest BCUT2D eigenvalue weighted by molar-refractivity contribution is 5.96. The largest absolute Gasteiger partial charge is 0.511 e. The molecule has 0 unspecified atom stereocenters. The first-order valence-electron chi connectivity index (χ1n) is 10.9. The first kappa shape index (κ1) is 19.2. The van der Waals surface area contributed by atoms with Gasteiger partial charge in [-0.15, -0.1) is 0 Å². The number of nitrogens with zero attached hydrogens (tertiary/aromatic N) is 1. The molecule has 0 aromatic heterocycles. The zero-order chi connectivity index (χ0) is 20.5. The first-order valence-corrected chi connectivity index (χ1v) is 10.9. The third-order valence-electron chi connectivity index (χ3n) is 6.62. The molecule has 2 heterocycles. The Balaban J connectivity index is 1.52. The van der Waals surface area contributed by atoms with E-state index in [1.807, 2.05) is 24.3 Å². The maximum Gasteiger partial charge on any atom is 0.511 e. The number of benzene rings is 2. The molecule has 0 radical (unpaired) electrons. The van der Waals surface area contributed by atoms with Crippen molar-refractivity contribution in [1.29, 1.82) is 0 Å². The van der Waals surface area contributed by atoms with Gasteiger partial charge in [-0.05, 0) is 67.0 Å². The van der Waals surface area contributed by atoms with Crippen molar-refractivity contribution in [3.8, 4) is 17.2 Å². The van der Waals surface area contributed by atoms with Gasteiger partial charge in [-0.25, -0.2) is 4.79 Å². The Morgan fingerprint density at radius 1 is 1.00 bits per heavy atom. The van der Waals surface area contributed by atoms with Crippen molar-refractivity contribution in [3.05, 3.63) is 53.6 Å². The summed E-state index contributed by atoms with van der Waals surface area (Å²) in [5, 5.41) is 9.04. The van der Waals surface area contributed by atoms with Crippen molar-refractivity contribution >= 4 is 17.3 Å². The van der Waals surface area contributed by atoms with Gasteiger partial charge in [-0.1, -0.05) is 31.0 Å². The van der Waals surface area contributed by atoms with Crippen LogP contribution in [-0.2, 0) is 0 Å². The van der Waals surface area contributed by atoms with Crippen LogP contribution in [0.5, 0.6) is 17.2 Å². The summed E-state index contributed by atoms with van der Waals surface area (Å²) in [5.74, 6) is 2.78. The Hall–Kier alpha value is -2.79. The molecule has 2 aromatic rings. The number of carbonyl (C=O) groups is 1. The number of rotatable bonds is 3. The molecular weight excluding hydrogens is 378 g/mol. The van der Waals surface area contributed by atoms with E-state index in [1.54, 1.807) is 6.07 Å². The van der Waals surface area contributed by atoms with Crippen LogP contribution in [0.1, 0.15) is 49.7 Å². The first-order chi connectivity index (χ1) is 14.7. The Labute approximate surface area is 176 Å². The maximum absolute atomic E-state index is 11.1. The molecule has 1 fully saturated rings. The fourth-order valence-electron chi connectivity index (χ4n) is 5.21. The minimum Gasteiger partial charge on any atom is -0.456 e. The predicted molar refractivity (Wildman–Crippen MR) is 116 cm³/mol. The van der Waals surface area contributed by atoms with Crippen molar-refractivity contribution < 1.29 is 19.4 Å². The van der Waals surface area contributed by atoms with Crippen molar-refractivity contribution in [2.24, 2.45) is 5.92 Å². The molecule has 1 N–H and O–H groups in total. The molecule has 0 amide bonds. The van der Waals surface area contributed by atoms with Gasteiger partial charge in [-0.2, -0.15) is 0 Å². The third-order valence-corrected chi connectivity index (χ3v) is 6.62. The highest BCUT2D eigenvalue weighted by Gasteiger charge is 2.28. The van der Waals surface area contributed by atoms with Crippen LogP contribution in [0, 0.1) is 5.92 Å². The highest BCUT2D eigenvalue weighted by Crippen LogP contribution is 2.46. The second-order valence-corrected chi connectivity index (χ2v) is 8.53. The molecule has 5 rings (SSSR count). The fraction of sp³-hybridized carbons (Fsp3) is 0.400. The fourth-order valence-corrected chi connectivity index (χ4v) is 5.21. The zero-order valence-electron chi connectivity index (χ0n) is 17.1. The van der Waals surface area contributed by atoms with Crippen LogP contribution >= 0.6 is 0 Å². The van der Waals surface area contributed by atoms with Crippen LogP contribution in [0.2, 0.25) is 0 Å². The van der Waals surface area contributed by atoms with E-state index in [0.29, 0.717) is 5.75 Å². The SMILES string of the molecule is O=C(O)Oc1ccc2c(c1)C1=C(CCN(CC3CCCC3)CC1)c1ccccc1O2. The quantitative estimate of drug-likeness (QED) is 0.498. The molecule has 0 saturated heterocycles. The molecule has 5 nitrogen and oxygen atoms in total. The van der Waals surface area contributed by atoms with E-state index in [0.717, 1.165) is 54.5 Å². The number of para-hydroxylation sites is 1. The molecule has 5 heteroatoms. The van der Waals surface area contributed by atoms with Gasteiger partial charge >= 0.3 is 6.16 Å². The van der Waals surface area contributed by atoms with Crippen molar-refractivity contribution in [2.45, 2.75) is 38.5 Å². The van der Waals surface area contributed by atoms with Gasteiger partial charge in [0.25, 0.3) is 0 Å². The standard InChI is InChI=1S/C25H27NO4/c27-25(28)29-18-9-10-24-22(15-18)20-12-14-26(16-17-5-1-2-6-17)13-11-19(20)21-7-3-4-8-23(21)30-24/h3-4,7-10,15,17H,1-2,5-6,11-14,16H2,(H,27,28). The van der Waals surface area contributed by atoms with Gasteiger partial charge < -0.3 is 19.5 Å². The minimum absolute atomic E-state index is 0.328. The lowest BCUT2D eigenvalue weighted by atomic mass is 9.91. The van der Waals surface area contributed by atoms with Crippen LogP contribution in [0.4, 0.5) is 4.79 Å². The highest BCUT2D eigenvalue weighted by atomic mass is 16.7. The second kappa shape index (κ2) is 8.15. The van der Waals surface area contributed by atoms with E-state index in [1.165, 1.54) is 43.4 Å². The zero-order valence-corrected chi connectivity index (χ0v) is 17.1. The van der Waals surface area contributed by atoms with Gasteiger partial charge in [0.1, 0.15) is 17.2 Å². The van der Waals surface area contributed by atoms with Gasteiger partial charge in [0.05, 0.1) is 0 Å². The lowest BCUT2D eigenvalue weighted by Crippen LogP contribution is -2.30. The molecule has 3 aliphatic rings. The summed E-state index contributed by atoms with van der Waals surface area (Å²) in [6.45, 7) is 3.25. The summed E-state index contributed by atoms with van der Waals surface area (Å²) >= 11 is 0. The van der Waals surface area contributed by atoms with E-state index in [9.17, 15) is 4.79 Å². The van der Waals surface area contributed by atoms with Gasteiger partial charge in [-0.3, -0.25) is 0 Å². The summed E-state index contributed by atoms with van der Waals surface area (Å²) in [7, 11) is 0. The molecule has 0 bridgehead atoms. The smallest absolute Gasteiger partial charge is 0.456 e. The topological polar surface area (TPSA) is 59.0 Å². The van der Waals surface area contributed by atoms with Gasteiger partial charge in [0.15, 0.2) is 0 Å². The summed E-state index contributed by atoms with van der Waals surface area (Å²) in [5.41, 5.74) is 4.65. The number of carboxylic acid groups (broad SMARTS) is 1. The average molecular weight is 405 g/mol. The number of hydrogen-bond donors (Lipinski definition) is 1. The molecule has 2 aliphatic heterocycles. The van der Waals surface area contributed by atoms with E-state index in [-0.39, 0.29) is 0 Å². The Kier molecular flexibility index (Phi) is 5.21. The monoisotopic (exact) mass is 405 g/mol. The van der Waals surface area contributed by atoms with E-state index in [2.05, 4.69) is 17.0 Å². The van der Waals surface area contributed by atoms with Crippen LogP contribution in [0.15, 0.2) is 42.5 Å². The van der Waals surface area contributed by atoms with Crippen LogP contribution in [-0.4, -0.2) is 35.8 Å². The molecule has 2 aromatic carbocycles. The number of fused-ring (bicyclic) bond motifs is 4. The van der Waals surface area contributed by atoms with Gasteiger partial charge in [0.2, 0.25) is 0 Å². The molecule has 156 valence electrons. The number of ether oxygens (including phenoxy) is 2. The molecule has 0 spiro atoms. The summed E-state index contributed by atoms with van der Waals surface area (Å²) in [6.07, 6.45) is 6.05. The van der Waals surface area contributed by atoms with Crippen molar-refractivity contribution in [1.82, 2.24) is 4.90 Å². The summed E-state index contributed by atoms with van der Waals surface area (Å²) < 4.78 is 11.2. The van der Waals surface area contributed by atoms with Crippen LogP contribution in [0.3, 0.4) is 0 Å². The molecule has 0 atom stereocenters. The van der Waals surface area contributed by atoms with Crippen molar-refractivity contribution in [3.63, 3.8) is 0 Å². The number of hydrogen-bond acceptors (Lipinski definition) is 4. The minimum atomic E-state index is -1.30. The van der Waals surface area contributed by atoms with E-state index in [4.69, 9.17) is 14.6 Å². The van der Waals surface area contributed by atoms with Crippen LogP contribution in [0.25, 0.3) is 11.1 Å². The molecule has 1 aliphatic carbocycles. The van der Waals surface area contributed by atoms with Crippen LogP contribution < -0.4 is 9.47 Å². The van der Waals surface area contributed by atoms with Crippen molar-refractivity contribution in [2.75, 3.05) is 19.6 Å². The van der Waals surface area contributed by atoms with Gasteiger partial charge in [0, 0.05) is 30.8 Å². The lowest BCUT2D eigenvalue weighted by molar-refractivity contribution is 0.144. The normalized spacial score (nSPS) is 19.2.